The largest absolute Gasteiger partial charge is 0.466 e. The number of ether oxygens (including phenoxy) is 1. The summed E-state index contributed by atoms with van der Waals surface area (Å²) >= 11 is 0. The van der Waals surface area contributed by atoms with Gasteiger partial charge in [0.1, 0.15) is 0 Å². The van der Waals surface area contributed by atoms with Crippen molar-refractivity contribution in [2.45, 2.75) is 12.0 Å². The van der Waals surface area contributed by atoms with Crippen LogP contribution in [0.2, 0.25) is 0 Å². The van der Waals surface area contributed by atoms with E-state index in [1.807, 2.05) is 30.3 Å². The smallest absolute Gasteiger partial charge is 0.361 e. The minimum atomic E-state index is -1.76. The van der Waals surface area contributed by atoms with Crippen molar-refractivity contribution in [1.82, 2.24) is 0 Å². The van der Waals surface area contributed by atoms with E-state index in [1.165, 1.54) is 7.11 Å². The van der Waals surface area contributed by atoms with E-state index in [2.05, 4.69) is 5.16 Å². The van der Waals surface area contributed by atoms with E-state index < -0.39 is 17.4 Å². The highest BCUT2D eigenvalue weighted by Gasteiger charge is 2.54. The lowest BCUT2D eigenvalue weighted by Gasteiger charge is -2.22. The van der Waals surface area contributed by atoms with Gasteiger partial charge in [-0.3, -0.25) is 4.79 Å². The molecule has 5 nitrogen and oxygen atoms in total. The van der Waals surface area contributed by atoms with Crippen molar-refractivity contribution in [3.8, 4) is 0 Å². The lowest BCUT2D eigenvalue weighted by atomic mass is 9.87. The van der Waals surface area contributed by atoms with Crippen molar-refractivity contribution in [2.75, 3.05) is 7.11 Å². The van der Waals surface area contributed by atoms with Gasteiger partial charge in [-0.2, -0.15) is 0 Å². The molecule has 1 heterocycles. The second-order valence-electron chi connectivity index (χ2n) is 5.19. The summed E-state index contributed by atoms with van der Waals surface area (Å²) in [4.78, 5) is 30.5. The normalized spacial score (nSPS) is 19.6. The minimum absolute atomic E-state index is 0.0391. The van der Waals surface area contributed by atoms with Gasteiger partial charge in [0.15, 0.2) is 0 Å². The molecule has 0 radical (unpaired) electrons. The molecule has 0 bridgehead atoms. The fourth-order valence-electron chi connectivity index (χ4n) is 2.53. The summed E-state index contributed by atoms with van der Waals surface area (Å²) in [6.07, 6.45) is 0.0391. The van der Waals surface area contributed by atoms with Gasteiger partial charge in [0.25, 0.3) is 0 Å². The zero-order chi connectivity index (χ0) is 16.3. The van der Waals surface area contributed by atoms with Gasteiger partial charge >= 0.3 is 11.6 Å². The standard InChI is InChI=1S/C18H15NO4/c1-22-17(21)18(16(20)14-10-6-3-7-11-14)12-15(19-23-18)13-8-4-2-5-9-13/h2-11H,12H2,1H3. The summed E-state index contributed by atoms with van der Waals surface area (Å²) in [5.74, 6) is -1.21. The highest BCUT2D eigenvalue weighted by Crippen LogP contribution is 2.31. The summed E-state index contributed by atoms with van der Waals surface area (Å²) in [5.41, 5.74) is -0.0387. The number of hydrogen-bond donors (Lipinski definition) is 0. The molecule has 0 saturated heterocycles. The SMILES string of the molecule is COC(=O)C1(C(=O)c2ccccc2)CC(c2ccccc2)=NO1. The summed E-state index contributed by atoms with van der Waals surface area (Å²) in [7, 11) is 1.23. The highest BCUT2D eigenvalue weighted by atomic mass is 16.7. The second-order valence-corrected chi connectivity index (χ2v) is 5.19. The summed E-state index contributed by atoms with van der Waals surface area (Å²) in [6.45, 7) is 0. The third-order valence-electron chi connectivity index (χ3n) is 3.75. The van der Waals surface area contributed by atoms with Gasteiger partial charge in [0.05, 0.1) is 19.2 Å². The number of Topliss-reactive ketones (excluding diaryl/α,β-unsaturated/α-hetero) is 1. The van der Waals surface area contributed by atoms with Crippen LogP contribution in [0.5, 0.6) is 0 Å². The van der Waals surface area contributed by atoms with E-state index in [-0.39, 0.29) is 6.42 Å². The fourth-order valence-corrected chi connectivity index (χ4v) is 2.53. The predicted molar refractivity (Wildman–Crippen MR) is 84.2 cm³/mol. The summed E-state index contributed by atoms with van der Waals surface area (Å²) in [5, 5.41) is 3.97. The monoisotopic (exact) mass is 309 g/mol. The Bertz CT molecular complexity index is 755. The van der Waals surface area contributed by atoms with Crippen molar-refractivity contribution >= 4 is 17.5 Å². The molecule has 5 heteroatoms. The molecule has 0 amide bonds. The van der Waals surface area contributed by atoms with Crippen molar-refractivity contribution in [3.63, 3.8) is 0 Å². The first-order valence-corrected chi connectivity index (χ1v) is 7.16. The van der Waals surface area contributed by atoms with Gasteiger partial charge in [0.2, 0.25) is 5.78 Å². The molecule has 116 valence electrons. The molecule has 1 unspecified atom stereocenters. The van der Waals surface area contributed by atoms with Gasteiger partial charge in [-0.05, 0) is 5.56 Å². The number of methoxy groups -OCH3 is 1. The Balaban J connectivity index is 1.95. The molecule has 1 aliphatic heterocycles. The van der Waals surface area contributed by atoms with E-state index >= 15 is 0 Å². The molecule has 0 aliphatic carbocycles. The van der Waals surface area contributed by atoms with Crippen LogP contribution in [0.15, 0.2) is 65.8 Å². The fraction of sp³-hybridized carbons (Fsp3) is 0.167. The van der Waals surface area contributed by atoms with Gasteiger partial charge < -0.3 is 9.57 Å². The van der Waals surface area contributed by atoms with Crippen LogP contribution in [0.4, 0.5) is 0 Å². The van der Waals surface area contributed by atoms with E-state index in [9.17, 15) is 9.59 Å². The van der Waals surface area contributed by atoms with E-state index in [4.69, 9.17) is 9.57 Å². The zero-order valence-corrected chi connectivity index (χ0v) is 12.6. The number of nitrogens with zero attached hydrogens (tertiary/aromatic N) is 1. The molecule has 0 aromatic heterocycles. The maximum atomic E-state index is 12.8. The van der Waals surface area contributed by atoms with Gasteiger partial charge in [-0.25, -0.2) is 4.79 Å². The highest BCUT2D eigenvalue weighted by molar-refractivity contribution is 6.20. The number of carbonyl (C=O) groups is 2. The van der Waals surface area contributed by atoms with E-state index in [0.717, 1.165) is 5.56 Å². The lowest BCUT2D eigenvalue weighted by molar-refractivity contribution is -0.160. The Morgan fingerprint density at radius 2 is 1.65 bits per heavy atom. The molecule has 3 rings (SSSR count). The number of carbonyl (C=O) groups excluding carboxylic acids is 2. The second kappa shape index (κ2) is 6.04. The molecule has 0 fully saturated rings. The lowest BCUT2D eigenvalue weighted by Crippen LogP contribution is -2.47. The molecule has 0 spiro atoms. The van der Waals surface area contributed by atoms with Crippen LogP contribution < -0.4 is 0 Å². The Morgan fingerprint density at radius 3 is 2.26 bits per heavy atom. The van der Waals surface area contributed by atoms with Crippen LogP contribution in [-0.2, 0) is 14.4 Å². The average Bonchev–Trinajstić information content (AvgIpc) is 3.08. The number of oxime groups is 1. The van der Waals surface area contributed by atoms with Crippen molar-refractivity contribution in [1.29, 1.82) is 0 Å². The third kappa shape index (κ3) is 2.61. The van der Waals surface area contributed by atoms with Crippen molar-refractivity contribution in [2.24, 2.45) is 5.16 Å². The quantitative estimate of drug-likeness (QED) is 0.495. The number of benzene rings is 2. The number of ketones is 1. The molecular formula is C18H15NO4. The van der Waals surface area contributed by atoms with Crippen LogP contribution in [0.3, 0.4) is 0 Å². The molecule has 0 N–H and O–H groups in total. The molecule has 2 aromatic carbocycles. The Hall–Kier alpha value is -2.95. The number of rotatable bonds is 4. The van der Waals surface area contributed by atoms with E-state index in [1.54, 1.807) is 30.3 Å². The Kier molecular flexibility index (Phi) is 3.93. The summed E-state index contributed by atoms with van der Waals surface area (Å²) in [6, 6.07) is 17.8. The Morgan fingerprint density at radius 1 is 1.04 bits per heavy atom. The van der Waals surface area contributed by atoms with Gasteiger partial charge in [-0.1, -0.05) is 65.8 Å². The third-order valence-corrected chi connectivity index (χ3v) is 3.75. The van der Waals surface area contributed by atoms with Crippen LogP contribution in [0.1, 0.15) is 22.3 Å². The first kappa shape index (κ1) is 15.0. The first-order chi connectivity index (χ1) is 11.2. The van der Waals surface area contributed by atoms with Gasteiger partial charge in [-0.15, -0.1) is 0 Å². The molecule has 0 saturated carbocycles. The number of esters is 1. The average molecular weight is 309 g/mol. The topological polar surface area (TPSA) is 65.0 Å². The predicted octanol–water partition coefficient (Wildman–Crippen LogP) is 2.61. The summed E-state index contributed by atoms with van der Waals surface area (Å²) < 4.78 is 4.81. The van der Waals surface area contributed by atoms with Crippen LogP contribution in [0, 0.1) is 0 Å². The van der Waals surface area contributed by atoms with Crippen LogP contribution in [0.25, 0.3) is 0 Å². The molecule has 1 aliphatic rings. The van der Waals surface area contributed by atoms with Crippen LogP contribution >= 0.6 is 0 Å². The number of hydrogen-bond acceptors (Lipinski definition) is 5. The zero-order valence-electron chi connectivity index (χ0n) is 12.6. The molecule has 2 aromatic rings. The maximum Gasteiger partial charge on any atom is 0.361 e. The first-order valence-electron chi connectivity index (χ1n) is 7.16. The van der Waals surface area contributed by atoms with E-state index in [0.29, 0.717) is 11.3 Å². The van der Waals surface area contributed by atoms with Crippen LogP contribution in [-0.4, -0.2) is 30.2 Å². The maximum absolute atomic E-state index is 12.8. The van der Waals surface area contributed by atoms with Crippen molar-refractivity contribution in [3.05, 3.63) is 71.8 Å². The molecule has 1 atom stereocenters. The van der Waals surface area contributed by atoms with Crippen molar-refractivity contribution < 1.29 is 19.2 Å². The molecular weight excluding hydrogens is 294 g/mol. The minimum Gasteiger partial charge on any atom is -0.466 e. The van der Waals surface area contributed by atoms with Gasteiger partial charge in [0, 0.05) is 5.56 Å². The molecule has 23 heavy (non-hydrogen) atoms. The Labute approximate surface area is 133 Å².